The van der Waals surface area contributed by atoms with Gasteiger partial charge in [0.2, 0.25) is 0 Å². The lowest BCUT2D eigenvalue weighted by atomic mass is 10.0. The first-order chi connectivity index (χ1) is 13.3. The molecule has 0 atom stereocenters. The van der Waals surface area contributed by atoms with E-state index in [9.17, 15) is 4.79 Å². The lowest BCUT2D eigenvalue weighted by Crippen LogP contribution is -2.58. The van der Waals surface area contributed by atoms with Crippen LogP contribution in [0, 0.1) is 5.92 Å². The van der Waals surface area contributed by atoms with Gasteiger partial charge in [-0.2, -0.15) is 0 Å². The predicted molar refractivity (Wildman–Crippen MR) is 114 cm³/mol. The number of nitrogens with one attached hydrogen (secondary N) is 1. The molecule has 1 aliphatic rings. The maximum absolute atomic E-state index is 13.0. The molecule has 1 saturated heterocycles. The van der Waals surface area contributed by atoms with Gasteiger partial charge in [0.25, 0.3) is 5.91 Å². The van der Waals surface area contributed by atoms with Gasteiger partial charge in [0.05, 0.1) is 5.52 Å². The molecule has 0 bridgehead atoms. The number of rotatable bonds is 7. The molecule has 6 heteroatoms. The Morgan fingerprint density at radius 2 is 1.93 bits per heavy atom. The Balaban J connectivity index is 1.69. The monoisotopic (exact) mass is 385 g/mol. The van der Waals surface area contributed by atoms with Crippen molar-refractivity contribution in [2.75, 3.05) is 39.3 Å². The Bertz CT molecular complexity index is 802. The fourth-order valence-electron chi connectivity index (χ4n) is 3.94. The second-order valence-electron chi connectivity index (χ2n) is 8.85. The summed E-state index contributed by atoms with van der Waals surface area (Å²) in [5, 5.41) is 3.15. The van der Waals surface area contributed by atoms with Crippen molar-refractivity contribution < 1.29 is 4.79 Å². The van der Waals surface area contributed by atoms with E-state index in [4.69, 9.17) is 4.98 Å². The Kier molecular flexibility index (Phi) is 6.40. The summed E-state index contributed by atoms with van der Waals surface area (Å²) in [6, 6.07) is 5.92. The van der Waals surface area contributed by atoms with Crippen LogP contribution >= 0.6 is 0 Å². The quantitative estimate of drug-likeness (QED) is 0.796. The summed E-state index contributed by atoms with van der Waals surface area (Å²) in [6.45, 7) is 17.0. The topological polar surface area (TPSA) is 52.9 Å². The van der Waals surface area contributed by atoms with E-state index in [1.54, 1.807) is 0 Å². The Morgan fingerprint density at radius 3 is 2.57 bits per heavy atom. The molecule has 0 aromatic carbocycles. The number of carbonyl (C=O) groups is 1. The molecule has 0 saturated carbocycles. The summed E-state index contributed by atoms with van der Waals surface area (Å²) in [4.78, 5) is 22.6. The Hall–Kier alpha value is -1.92. The molecule has 0 aliphatic carbocycles. The van der Waals surface area contributed by atoms with Crippen molar-refractivity contribution in [2.45, 2.75) is 46.6 Å². The van der Waals surface area contributed by atoms with Crippen LogP contribution in [0.1, 0.15) is 50.9 Å². The van der Waals surface area contributed by atoms with E-state index in [0.29, 0.717) is 18.2 Å². The first kappa shape index (κ1) is 20.8. The van der Waals surface area contributed by atoms with Gasteiger partial charge >= 0.3 is 0 Å². The number of likely N-dealkylation sites (N-methyl/N-ethyl adjacent to an activating group) is 1. The van der Waals surface area contributed by atoms with Gasteiger partial charge in [-0.3, -0.25) is 9.69 Å². The second kappa shape index (κ2) is 8.62. The fraction of sp³-hybridized carbons (Fsp3) is 0.636. The minimum atomic E-state index is -0.0843. The van der Waals surface area contributed by atoms with E-state index in [-0.39, 0.29) is 11.4 Å². The zero-order chi connectivity index (χ0) is 20.3. The van der Waals surface area contributed by atoms with Crippen molar-refractivity contribution in [3.63, 3.8) is 0 Å². The van der Waals surface area contributed by atoms with E-state index in [1.807, 2.05) is 28.8 Å². The van der Waals surface area contributed by atoms with Crippen molar-refractivity contribution >= 4 is 11.4 Å². The molecule has 6 nitrogen and oxygen atoms in total. The van der Waals surface area contributed by atoms with Gasteiger partial charge in [-0.05, 0) is 38.4 Å². The van der Waals surface area contributed by atoms with Crippen molar-refractivity contribution in [3.05, 3.63) is 35.9 Å². The minimum absolute atomic E-state index is 0.0776. The highest BCUT2D eigenvalue weighted by molar-refractivity contribution is 5.99. The van der Waals surface area contributed by atoms with Gasteiger partial charge < -0.3 is 14.6 Å². The molecule has 0 radical (unpaired) electrons. The maximum atomic E-state index is 13.0. The van der Waals surface area contributed by atoms with Crippen LogP contribution in [0.15, 0.2) is 24.4 Å². The zero-order valence-electron chi connectivity index (χ0n) is 18.0. The van der Waals surface area contributed by atoms with Crippen LogP contribution in [0.3, 0.4) is 0 Å². The SMILES string of the molecule is CCN1CCN(C(C)(C)CNC(=O)c2nc(CC(C)C)n3ccccc23)CC1. The highest BCUT2D eigenvalue weighted by Crippen LogP contribution is 2.18. The van der Waals surface area contributed by atoms with Crippen LogP contribution in [-0.2, 0) is 6.42 Å². The van der Waals surface area contributed by atoms with Crippen molar-refractivity contribution in [2.24, 2.45) is 5.92 Å². The van der Waals surface area contributed by atoms with E-state index in [1.165, 1.54) is 0 Å². The van der Waals surface area contributed by atoms with Gasteiger partial charge in [0.1, 0.15) is 5.82 Å². The third-order valence-electron chi connectivity index (χ3n) is 5.78. The highest BCUT2D eigenvalue weighted by atomic mass is 16.1. The lowest BCUT2D eigenvalue weighted by Gasteiger charge is -2.44. The molecule has 1 fully saturated rings. The van der Waals surface area contributed by atoms with Crippen LogP contribution < -0.4 is 5.32 Å². The first-order valence-electron chi connectivity index (χ1n) is 10.5. The normalized spacial score (nSPS) is 16.8. The summed E-state index contributed by atoms with van der Waals surface area (Å²) in [6.07, 6.45) is 2.85. The van der Waals surface area contributed by atoms with Crippen molar-refractivity contribution in [3.8, 4) is 0 Å². The van der Waals surface area contributed by atoms with Crippen molar-refractivity contribution in [1.29, 1.82) is 0 Å². The smallest absolute Gasteiger partial charge is 0.272 e. The summed E-state index contributed by atoms with van der Waals surface area (Å²) in [5.41, 5.74) is 1.33. The number of amides is 1. The number of hydrogen-bond donors (Lipinski definition) is 1. The number of piperazine rings is 1. The molecule has 3 rings (SSSR count). The lowest BCUT2D eigenvalue weighted by molar-refractivity contribution is 0.0521. The van der Waals surface area contributed by atoms with Crippen LogP contribution in [0.2, 0.25) is 0 Å². The average Bonchev–Trinajstić information content (AvgIpc) is 3.04. The highest BCUT2D eigenvalue weighted by Gasteiger charge is 2.30. The number of imidazole rings is 1. The zero-order valence-corrected chi connectivity index (χ0v) is 18.0. The Morgan fingerprint density at radius 1 is 1.21 bits per heavy atom. The molecule has 0 spiro atoms. The summed E-state index contributed by atoms with van der Waals surface area (Å²) in [7, 11) is 0. The van der Waals surface area contributed by atoms with E-state index >= 15 is 0 Å². The number of hydrogen-bond acceptors (Lipinski definition) is 4. The summed E-state index contributed by atoms with van der Waals surface area (Å²) >= 11 is 0. The maximum Gasteiger partial charge on any atom is 0.272 e. The molecule has 1 N–H and O–H groups in total. The molecule has 28 heavy (non-hydrogen) atoms. The number of carbonyl (C=O) groups excluding carboxylic acids is 1. The largest absolute Gasteiger partial charge is 0.349 e. The standard InChI is InChI=1S/C22H35N5O/c1-6-25-11-13-26(14-12-25)22(4,5)16-23-21(28)20-18-9-7-8-10-27(18)19(24-20)15-17(2)3/h7-10,17H,6,11-16H2,1-5H3,(H,23,28). The molecule has 2 aromatic rings. The molecule has 1 aliphatic heterocycles. The van der Waals surface area contributed by atoms with Gasteiger partial charge in [-0.25, -0.2) is 4.98 Å². The van der Waals surface area contributed by atoms with E-state index in [2.05, 4.69) is 49.7 Å². The average molecular weight is 386 g/mol. The predicted octanol–water partition coefficient (Wildman–Crippen LogP) is 2.68. The fourth-order valence-corrected chi connectivity index (χ4v) is 3.94. The number of fused-ring (bicyclic) bond motifs is 1. The molecule has 1 amide bonds. The minimum Gasteiger partial charge on any atom is -0.349 e. The summed E-state index contributed by atoms with van der Waals surface area (Å²) < 4.78 is 2.05. The summed E-state index contributed by atoms with van der Waals surface area (Å²) in [5.74, 6) is 1.35. The van der Waals surface area contributed by atoms with Crippen LogP contribution in [0.5, 0.6) is 0 Å². The third-order valence-corrected chi connectivity index (χ3v) is 5.78. The van der Waals surface area contributed by atoms with Gasteiger partial charge in [0, 0.05) is 50.9 Å². The van der Waals surface area contributed by atoms with E-state index < -0.39 is 0 Å². The van der Waals surface area contributed by atoms with Crippen LogP contribution in [0.4, 0.5) is 0 Å². The van der Waals surface area contributed by atoms with Crippen molar-refractivity contribution in [1.82, 2.24) is 24.5 Å². The van der Waals surface area contributed by atoms with Crippen LogP contribution in [-0.4, -0.2) is 69.9 Å². The molecule has 3 heterocycles. The third kappa shape index (κ3) is 4.55. The van der Waals surface area contributed by atoms with Gasteiger partial charge in [0.15, 0.2) is 5.69 Å². The molecule has 154 valence electrons. The van der Waals surface area contributed by atoms with Gasteiger partial charge in [-0.1, -0.05) is 26.8 Å². The second-order valence-corrected chi connectivity index (χ2v) is 8.85. The number of nitrogens with zero attached hydrogens (tertiary/aromatic N) is 4. The Labute approximate surface area is 168 Å². The molecule has 2 aromatic heterocycles. The van der Waals surface area contributed by atoms with Gasteiger partial charge in [-0.15, -0.1) is 0 Å². The van der Waals surface area contributed by atoms with E-state index in [0.717, 1.165) is 50.5 Å². The molecular formula is C22H35N5O. The van der Waals surface area contributed by atoms with Crippen LogP contribution in [0.25, 0.3) is 5.52 Å². The molecule has 0 unspecified atom stereocenters. The number of aromatic nitrogens is 2. The number of pyridine rings is 1. The first-order valence-corrected chi connectivity index (χ1v) is 10.5. The molecular weight excluding hydrogens is 350 g/mol.